The fraction of sp³-hybridized carbons (Fsp3) is 0.500. The van der Waals surface area contributed by atoms with Crippen LogP contribution in [-0.4, -0.2) is 45.2 Å². The molecule has 2 N–H and O–H groups in total. The lowest BCUT2D eigenvalue weighted by atomic mass is 10.1. The minimum atomic E-state index is -0.211. The van der Waals surface area contributed by atoms with Crippen molar-refractivity contribution in [3.8, 4) is 5.75 Å². The van der Waals surface area contributed by atoms with Crippen LogP contribution in [0.4, 0.5) is 5.69 Å². The van der Waals surface area contributed by atoms with Gasteiger partial charge in [-0.3, -0.25) is 4.79 Å². The summed E-state index contributed by atoms with van der Waals surface area (Å²) in [5.74, 6) is 0.851. The van der Waals surface area contributed by atoms with E-state index in [4.69, 9.17) is 4.74 Å². The van der Waals surface area contributed by atoms with Gasteiger partial charge in [0.05, 0.1) is 12.8 Å². The molecule has 1 heterocycles. The van der Waals surface area contributed by atoms with E-state index < -0.39 is 0 Å². The molecule has 19 heavy (non-hydrogen) atoms. The fourth-order valence-corrected chi connectivity index (χ4v) is 2.48. The van der Waals surface area contributed by atoms with E-state index >= 15 is 0 Å². The topological polar surface area (TPSA) is 53.6 Å². The Hall–Kier alpha value is -1.75. The van der Waals surface area contributed by atoms with E-state index in [1.807, 2.05) is 38.2 Å². The molecule has 1 amide bonds. The molecule has 2 rings (SSSR count). The third-order valence-electron chi connectivity index (χ3n) is 3.33. The summed E-state index contributed by atoms with van der Waals surface area (Å²) in [5.41, 5.74) is 0.965. The summed E-state index contributed by atoms with van der Waals surface area (Å²) in [6.07, 6.45) is 0. The smallest absolute Gasteiger partial charge is 0.244 e. The number of benzene rings is 1. The molecular weight excluding hydrogens is 242 g/mol. The normalized spacial score (nSPS) is 23.1. The Bertz CT molecular complexity index is 450. The zero-order valence-electron chi connectivity index (χ0n) is 11.6. The van der Waals surface area contributed by atoms with Gasteiger partial charge >= 0.3 is 0 Å². The summed E-state index contributed by atoms with van der Waals surface area (Å²) in [7, 11) is 3.51. The largest absolute Gasteiger partial charge is 0.495 e. The lowest BCUT2D eigenvalue weighted by Crippen LogP contribution is -2.62. The summed E-state index contributed by atoms with van der Waals surface area (Å²) in [6.45, 7) is 3.39. The first-order valence-electron chi connectivity index (χ1n) is 6.52. The van der Waals surface area contributed by atoms with E-state index in [-0.39, 0.29) is 18.0 Å². The molecule has 1 fully saturated rings. The van der Waals surface area contributed by atoms with E-state index in [1.54, 1.807) is 7.11 Å². The average molecular weight is 263 g/mol. The third-order valence-corrected chi connectivity index (χ3v) is 3.33. The van der Waals surface area contributed by atoms with Crippen molar-refractivity contribution in [1.29, 1.82) is 0 Å². The lowest BCUT2D eigenvalue weighted by molar-refractivity contribution is -0.124. The first kappa shape index (κ1) is 13.7. The highest BCUT2D eigenvalue weighted by atomic mass is 16.5. The standard InChI is InChI=1S/C14H21N3O2/c1-10-9-17(12(8-15-2)14(18)16-10)11-6-4-5-7-13(11)19-3/h4-7,10,12,15H,8-9H2,1-3H3,(H,16,18). The Morgan fingerprint density at radius 1 is 1.47 bits per heavy atom. The van der Waals surface area contributed by atoms with Crippen molar-refractivity contribution in [2.24, 2.45) is 0 Å². The van der Waals surface area contributed by atoms with Crippen molar-refractivity contribution in [3.63, 3.8) is 0 Å². The van der Waals surface area contributed by atoms with Gasteiger partial charge in [-0.25, -0.2) is 0 Å². The minimum absolute atomic E-state index is 0.0546. The number of piperazine rings is 1. The first-order chi connectivity index (χ1) is 9.17. The van der Waals surface area contributed by atoms with Crippen LogP contribution in [0.3, 0.4) is 0 Å². The Morgan fingerprint density at radius 3 is 2.89 bits per heavy atom. The molecule has 5 nitrogen and oxygen atoms in total. The summed E-state index contributed by atoms with van der Waals surface area (Å²) in [5, 5.41) is 6.07. The van der Waals surface area contributed by atoms with Crippen LogP contribution in [0.5, 0.6) is 5.75 Å². The van der Waals surface area contributed by atoms with E-state index in [1.165, 1.54) is 0 Å². The Labute approximate surface area is 113 Å². The minimum Gasteiger partial charge on any atom is -0.495 e. The van der Waals surface area contributed by atoms with Gasteiger partial charge in [0.15, 0.2) is 0 Å². The van der Waals surface area contributed by atoms with Gasteiger partial charge < -0.3 is 20.3 Å². The summed E-state index contributed by atoms with van der Waals surface area (Å²) >= 11 is 0. The van der Waals surface area contributed by atoms with Gasteiger partial charge in [-0.2, -0.15) is 0 Å². The molecule has 0 radical (unpaired) electrons. The molecule has 5 heteroatoms. The summed E-state index contributed by atoms with van der Waals surface area (Å²) in [4.78, 5) is 14.3. The predicted octanol–water partition coefficient (Wildman–Crippen LogP) is 0.608. The average Bonchev–Trinajstić information content (AvgIpc) is 2.41. The molecular formula is C14H21N3O2. The number of hydrogen-bond acceptors (Lipinski definition) is 4. The zero-order valence-corrected chi connectivity index (χ0v) is 11.6. The third kappa shape index (κ3) is 2.81. The van der Waals surface area contributed by atoms with Gasteiger partial charge in [0.25, 0.3) is 0 Å². The quantitative estimate of drug-likeness (QED) is 0.835. The van der Waals surface area contributed by atoms with Crippen LogP contribution < -0.4 is 20.3 Å². The Balaban J connectivity index is 2.34. The number of carbonyl (C=O) groups excluding carboxylic acids is 1. The number of carbonyl (C=O) groups is 1. The van der Waals surface area contributed by atoms with Gasteiger partial charge in [0.2, 0.25) is 5.91 Å². The maximum Gasteiger partial charge on any atom is 0.244 e. The van der Waals surface area contributed by atoms with Crippen molar-refractivity contribution >= 4 is 11.6 Å². The molecule has 1 aromatic carbocycles. The lowest BCUT2D eigenvalue weighted by Gasteiger charge is -2.40. The number of para-hydroxylation sites is 2. The van der Waals surface area contributed by atoms with Crippen molar-refractivity contribution in [3.05, 3.63) is 24.3 Å². The van der Waals surface area contributed by atoms with Gasteiger partial charge in [-0.1, -0.05) is 12.1 Å². The second-order valence-corrected chi connectivity index (χ2v) is 4.81. The predicted molar refractivity (Wildman–Crippen MR) is 75.7 cm³/mol. The molecule has 0 bridgehead atoms. The highest BCUT2D eigenvalue weighted by Crippen LogP contribution is 2.30. The second kappa shape index (κ2) is 5.93. The van der Waals surface area contributed by atoms with Gasteiger partial charge in [0.1, 0.15) is 11.8 Å². The highest BCUT2D eigenvalue weighted by Gasteiger charge is 2.33. The van der Waals surface area contributed by atoms with Crippen LogP contribution in [0.15, 0.2) is 24.3 Å². The van der Waals surface area contributed by atoms with Crippen molar-refractivity contribution in [2.45, 2.75) is 19.0 Å². The van der Waals surface area contributed by atoms with E-state index in [0.29, 0.717) is 6.54 Å². The molecule has 104 valence electrons. The number of rotatable bonds is 4. The van der Waals surface area contributed by atoms with Crippen molar-refractivity contribution < 1.29 is 9.53 Å². The molecule has 1 aromatic rings. The second-order valence-electron chi connectivity index (χ2n) is 4.81. The number of ether oxygens (including phenoxy) is 1. The monoisotopic (exact) mass is 263 g/mol. The number of methoxy groups -OCH3 is 1. The van der Waals surface area contributed by atoms with E-state index in [0.717, 1.165) is 18.0 Å². The van der Waals surface area contributed by atoms with Crippen LogP contribution >= 0.6 is 0 Å². The molecule has 1 saturated heterocycles. The molecule has 0 aliphatic carbocycles. The van der Waals surface area contributed by atoms with Crippen LogP contribution in [0.1, 0.15) is 6.92 Å². The number of nitrogens with one attached hydrogen (secondary N) is 2. The van der Waals surface area contributed by atoms with Crippen molar-refractivity contribution in [2.75, 3.05) is 32.1 Å². The molecule has 2 unspecified atom stereocenters. The maximum absolute atomic E-state index is 12.1. The van der Waals surface area contributed by atoms with E-state index in [9.17, 15) is 4.79 Å². The summed E-state index contributed by atoms with van der Waals surface area (Å²) in [6, 6.07) is 7.73. The Kier molecular flexibility index (Phi) is 4.27. The molecule has 2 atom stereocenters. The number of anilines is 1. The number of likely N-dealkylation sites (N-methyl/N-ethyl adjacent to an activating group) is 1. The maximum atomic E-state index is 12.1. The van der Waals surface area contributed by atoms with Crippen LogP contribution in [0.25, 0.3) is 0 Å². The number of nitrogens with zero attached hydrogens (tertiary/aromatic N) is 1. The fourth-order valence-electron chi connectivity index (χ4n) is 2.48. The first-order valence-corrected chi connectivity index (χ1v) is 6.52. The van der Waals surface area contributed by atoms with E-state index in [2.05, 4.69) is 15.5 Å². The van der Waals surface area contributed by atoms with Gasteiger partial charge in [-0.05, 0) is 26.1 Å². The SMILES string of the molecule is CNCC1C(=O)NC(C)CN1c1ccccc1OC. The molecule has 0 aromatic heterocycles. The van der Waals surface area contributed by atoms with Gasteiger partial charge in [0, 0.05) is 19.1 Å². The number of hydrogen-bond donors (Lipinski definition) is 2. The van der Waals surface area contributed by atoms with Crippen LogP contribution in [0, 0.1) is 0 Å². The zero-order chi connectivity index (χ0) is 13.8. The van der Waals surface area contributed by atoms with Crippen LogP contribution in [0.2, 0.25) is 0 Å². The number of amides is 1. The molecule has 0 saturated carbocycles. The molecule has 1 aliphatic heterocycles. The van der Waals surface area contributed by atoms with Gasteiger partial charge in [-0.15, -0.1) is 0 Å². The molecule has 1 aliphatic rings. The summed E-state index contributed by atoms with van der Waals surface area (Å²) < 4.78 is 5.40. The molecule has 0 spiro atoms. The Morgan fingerprint density at radius 2 is 2.21 bits per heavy atom. The van der Waals surface area contributed by atoms with Crippen molar-refractivity contribution in [1.82, 2.24) is 10.6 Å². The van der Waals surface area contributed by atoms with Crippen LogP contribution in [-0.2, 0) is 4.79 Å². The highest BCUT2D eigenvalue weighted by molar-refractivity contribution is 5.88.